The summed E-state index contributed by atoms with van der Waals surface area (Å²) < 4.78 is 14.9. The second-order valence-corrected chi connectivity index (χ2v) is 8.60. The van der Waals surface area contributed by atoms with Crippen molar-refractivity contribution in [3.05, 3.63) is 41.2 Å². The SMILES string of the molecule is CC(=O)NC[C@@H]1NC(=O)C(c2ccc(N3CCC(=CC4(C#N)CC4)CC3)c(F)c2)C1=O. The van der Waals surface area contributed by atoms with Crippen molar-refractivity contribution >= 4 is 23.3 Å². The van der Waals surface area contributed by atoms with E-state index in [4.69, 9.17) is 0 Å². The quantitative estimate of drug-likeness (QED) is 0.556. The number of amides is 2. The topological polar surface area (TPSA) is 102 Å². The predicted molar refractivity (Wildman–Crippen MR) is 112 cm³/mol. The number of allylic oxidation sites excluding steroid dienone is 1. The lowest BCUT2D eigenvalue weighted by Crippen LogP contribution is -2.40. The maximum absolute atomic E-state index is 14.9. The lowest BCUT2D eigenvalue weighted by molar-refractivity contribution is -0.124. The fourth-order valence-electron chi connectivity index (χ4n) is 4.32. The average Bonchev–Trinajstić information content (AvgIpc) is 3.45. The predicted octanol–water partition coefficient (Wildman–Crippen LogP) is 1.94. The molecule has 2 amide bonds. The first-order valence-corrected chi connectivity index (χ1v) is 10.6. The van der Waals surface area contributed by atoms with Gasteiger partial charge in [-0.1, -0.05) is 17.7 Å². The van der Waals surface area contributed by atoms with E-state index in [1.165, 1.54) is 18.6 Å². The van der Waals surface area contributed by atoms with Gasteiger partial charge in [-0.3, -0.25) is 14.4 Å². The van der Waals surface area contributed by atoms with Gasteiger partial charge in [0, 0.05) is 26.6 Å². The third-order valence-electron chi connectivity index (χ3n) is 6.30. The first kappa shape index (κ1) is 21.0. The molecule has 1 aromatic rings. The number of hydrogen-bond donors (Lipinski definition) is 2. The Morgan fingerprint density at radius 2 is 2.06 bits per heavy atom. The zero-order chi connectivity index (χ0) is 22.2. The van der Waals surface area contributed by atoms with Crippen molar-refractivity contribution in [2.24, 2.45) is 5.41 Å². The monoisotopic (exact) mass is 424 g/mol. The van der Waals surface area contributed by atoms with E-state index in [0.29, 0.717) is 24.3 Å². The first-order valence-electron chi connectivity index (χ1n) is 10.6. The minimum absolute atomic E-state index is 0.0215. The molecule has 1 aliphatic carbocycles. The molecule has 3 aliphatic rings. The van der Waals surface area contributed by atoms with Crippen molar-refractivity contribution in [3.63, 3.8) is 0 Å². The molecule has 2 atom stereocenters. The molecule has 0 radical (unpaired) electrons. The van der Waals surface area contributed by atoms with Crippen LogP contribution in [0, 0.1) is 22.6 Å². The molecule has 8 heteroatoms. The van der Waals surface area contributed by atoms with Crippen molar-refractivity contribution in [2.75, 3.05) is 24.5 Å². The molecule has 162 valence electrons. The van der Waals surface area contributed by atoms with Gasteiger partial charge in [0.05, 0.1) is 17.2 Å². The Morgan fingerprint density at radius 1 is 1.35 bits per heavy atom. The molecule has 31 heavy (non-hydrogen) atoms. The molecule has 2 heterocycles. The van der Waals surface area contributed by atoms with Crippen LogP contribution in [-0.4, -0.2) is 43.3 Å². The average molecular weight is 424 g/mol. The molecule has 0 aromatic heterocycles. The van der Waals surface area contributed by atoms with Gasteiger partial charge in [-0.2, -0.15) is 5.26 Å². The van der Waals surface area contributed by atoms with Crippen LogP contribution in [0.25, 0.3) is 0 Å². The number of nitrogens with one attached hydrogen (secondary N) is 2. The number of ketones is 1. The van der Waals surface area contributed by atoms with Crippen molar-refractivity contribution in [1.29, 1.82) is 5.26 Å². The van der Waals surface area contributed by atoms with Crippen LogP contribution in [0.1, 0.15) is 44.1 Å². The Kier molecular flexibility index (Phi) is 5.52. The number of hydrogen-bond acceptors (Lipinski definition) is 5. The lowest BCUT2D eigenvalue weighted by Gasteiger charge is -2.31. The molecule has 7 nitrogen and oxygen atoms in total. The van der Waals surface area contributed by atoms with Crippen LogP contribution < -0.4 is 15.5 Å². The second-order valence-electron chi connectivity index (χ2n) is 8.60. The van der Waals surface area contributed by atoms with E-state index in [9.17, 15) is 24.0 Å². The highest BCUT2D eigenvalue weighted by Crippen LogP contribution is 2.47. The summed E-state index contributed by atoms with van der Waals surface area (Å²) in [6.45, 7) is 2.67. The number of piperidine rings is 1. The molecule has 2 aliphatic heterocycles. The summed E-state index contributed by atoms with van der Waals surface area (Å²) in [5, 5.41) is 14.3. The van der Waals surface area contributed by atoms with E-state index in [1.54, 1.807) is 12.1 Å². The van der Waals surface area contributed by atoms with Gasteiger partial charge in [0.2, 0.25) is 11.8 Å². The maximum Gasteiger partial charge on any atom is 0.235 e. The number of rotatable bonds is 5. The van der Waals surface area contributed by atoms with Crippen LogP contribution in [0.5, 0.6) is 0 Å². The van der Waals surface area contributed by atoms with Crippen LogP contribution in [0.3, 0.4) is 0 Å². The molecule has 4 rings (SSSR count). The van der Waals surface area contributed by atoms with Gasteiger partial charge in [-0.25, -0.2) is 4.39 Å². The van der Waals surface area contributed by atoms with E-state index < -0.39 is 23.7 Å². The number of carbonyl (C=O) groups is 3. The molecule has 1 aromatic carbocycles. The zero-order valence-electron chi connectivity index (χ0n) is 17.4. The Labute approximate surface area is 180 Å². The Morgan fingerprint density at radius 3 is 2.65 bits per heavy atom. The van der Waals surface area contributed by atoms with Crippen LogP contribution in [0.15, 0.2) is 29.8 Å². The molecule has 1 unspecified atom stereocenters. The summed E-state index contributed by atoms with van der Waals surface area (Å²) in [4.78, 5) is 38.0. The Balaban J connectivity index is 1.43. The van der Waals surface area contributed by atoms with E-state index in [2.05, 4.69) is 22.8 Å². The van der Waals surface area contributed by atoms with E-state index >= 15 is 0 Å². The summed E-state index contributed by atoms with van der Waals surface area (Å²) in [5.41, 5.74) is 1.75. The molecule has 0 bridgehead atoms. The minimum atomic E-state index is -1.07. The first-order chi connectivity index (χ1) is 14.8. The largest absolute Gasteiger partial charge is 0.369 e. The lowest BCUT2D eigenvalue weighted by atomic mass is 9.93. The third-order valence-corrected chi connectivity index (χ3v) is 6.30. The molecular weight excluding hydrogens is 399 g/mol. The van der Waals surface area contributed by atoms with Gasteiger partial charge in [0.15, 0.2) is 5.78 Å². The Hall–Kier alpha value is -3.21. The number of anilines is 1. The summed E-state index contributed by atoms with van der Waals surface area (Å²) >= 11 is 0. The molecule has 2 saturated heterocycles. The summed E-state index contributed by atoms with van der Waals surface area (Å²) in [6.07, 6.45) is 5.53. The van der Waals surface area contributed by atoms with Gasteiger partial charge < -0.3 is 15.5 Å². The molecular formula is C23H25FN4O3. The van der Waals surface area contributed by atoms with Crippen LogP contribution in [0.4, 0.5) is 10.1 Å². The van der Waals surface area contributed by atoms with E-state index in [0.717, 1.165) is 25.7 Å². The van der Waals surface area contributed by atoms with E-state index in [-0.39, 0.29) is 23.7 Å². The molecule has 3 fully saturated rings. The van der Waals surface area contributed by atoms with Crippen LogP contribution in [0.2, 0.25) is 0 Å². The highest BCUT2D eigenvalue weighted by Gasteiger charge is 2.42. The third kappa shape index (κ3) is 4.31. The smallest absolute Gasteiger partial charge is 0.235 e. The van der Waals surface area contributed by atoms with Crippen molar-refractivity contribution < 1.29 is 18.8 Å². The summed E-state index contributed by atoms with van der Waals surface area (Å²) in [5.74, 6) is -2.68. The van der Waals surface area contributed by atoms with Gasteiger partial charge >= 0.3 is 0 Å². The number of nitrogens with zero attached hydrogens (tertiary/aromatic N) is 2. The molecule has 2 N–H and O–H groups in total. The fraction of sp³-hybridized carbons (Fsp3) is 0.478. The number of Topliss-reactive ketones (excluding diaryl/α,β-unsaturated/α-hetero) is 1. The van der Waals surface area contributed by atoms with Crippen LogP contribution in [-0.2, 0) is 14.4 Å². The number of halogens is 1. The van der Waals surface area contributed by atoms with Crippen LogP contribution >= 0.6 is 0 Å². The highest BCUT2D eigenvalue weighted by molar-refractivity contribution is 6.15. The van der Waals surface area contributed by atoms with E-state index in [1.807, 2.05) is 4.90 Å². The molecule has 0 spiro atoms. The maximum atomic E-state index is 14.9. The van der Waals surface area contributed by atoms with Gasteiger partial charge in [0.25, 0.3) is 0 Å². The molecule has 1 saturated carbocycles. The van der Waals surface area contributed by atoms with Gasteiger partial charge in [0.1, 0.15) is 17.8 Å². The van der Waals surface area contributed by atoms with Crippen molar-refractivity contribution in [3.8, 4) is 6.07 Å². The number of nitriles is 1. The minimum Gasteiger partial charge on any atom is -0.369 e. The summed E-state index contributed by atoms with van der Waals surface area (Å²) in [6, 6.07) is 6.08. The number of carbonyl (C=O) groups excluding carboxylic acids is 3. The highest BCUT2D eigenvalue weighted by atomic mass is 19.1. The normalized spacial score (nSPS) is 24.4. The standard InChI is InChI=1S/C23H25FN4O3/c1-14(29)26-12-18-21(30)20(22(31)27-18)16-2-3-19(17(24)10-16)28-8-4-15(5-9-28)11-23(13-25)6-7-23/h2-3,10-11,18,20H,4-9,12H2,1H3,(H,26,29)(H,27,31)/t18-,20?/m0/s1. The van der Waals surface area contributed by atoms with Gasteiger partial charge in [-0.15, -0.1) is 0 Å². The number of benzene rings is 1. The van der Waals surface area contributed by atoms with Crippen molar-refractivity contribution in [1.82, 2.24) is 10.6 Å². The fourth-order valence-corrected chi connectivity index (χ4v) is 4.32. The van der Waals surface area contributed by atoms with Gasteiger partial charge in [-0.05, 0) is 43.4 Å². The van der Waals surface area contributed by atoms with Crippen molar-refractivity contribution in [2.45, 2.75) is 44.6 Å². The summed E-state index contributed by atoms with van der Waals surface area (Å²) in [7, 11) is 0. The zero-order valence-corrected chi connectivity index (χ0v) is 17.4. The second kappa shape index (κ2) is 8.14. The Bertz CT molecular complexity index is 999.